The number of hydrogen-bond donors (Lipinski definition) is 1. The van der Waals surface area contributed by atoms with Crippen molar-refractivity contribution in [3.8, 4) is 0 Å². The van der Waals surface area contributed by atoms with Crippen LogP contribution in [0.15, 0.2) is 20.1 Å². The van der Waals surface area contributed by atoms with E-state index >= 15 is 0 Å². The standard InChI is InChI=1S/C9H12BrNO4S3/c10-8-1-2-9(16-8)18(14,15)11-7-3-5-17(12,13)6-4-7/h1-2,7,11H,3-6H2. The van der Waals surface area contributed by atoms with Gasteiger partial charge in [0.15, 0.2) is 0 Å². The molecule has 0 unspecified atom stereocenters. The minimum absolute atomic E-state index is 0.0499. The molecule has 0 amide bonds. The van der Waals surface area contributed by atoms with Crippen LogP contribution >= 0.6 is 27.3 Å². The average molecular weight is 374 g/mol. The van der Waals surface area contributed by atoms with Gasteiger partial charge in [-0.25, -0.2) is 21.6 Å². The summed E-state index contributed by atoms with van der Waals surface area (Å²) in [6.45, 7) is 0. The van der Waals surface area contributed by atoms with Gasteiger partial charge in [-0.15, -0.1) is 11.3 Å². The monoisotopic (exact) mass is 373 g/mol. The van der Waals surface area contributed by atoms with Crippen molar-refractivity contribution in [2.24, 2.45) is 0 Å². The van der Waals surface area contributed by atoms with E-state index in [9.17, 15) is 16.8 Å². The number of halogens is 1. The summed E-state index contributed by atoms with van der Waals surface area (Å²) >= 11 is 4.34. The molecule has 1 fully saturated rings. The molecule has 1 saturated heterocycles. The van der Waals surface area contributed by atoms with E-state index in [0.29, 0.717) is 12.8 Å². The maximum absolute atomic E-state index is 12.0. The predicted molar refractivity (Wildman–Crippen MR) is 74.0 cm³/mol. The molecule has 1 aromatic heterocycles. The Morgan fingerprint density at radius 2 is 1.89 bits per heavy atom. The first kappa shape index (κ1) is 14.4. The van der Waals surface area contributed by atoms with Crippen LogP contribution in [-0.4, -0.2) is 34.4 Å². The van der Waals surface area contributed by atoms with E-state index in [-0.39, 0.29) is 21.8 Å². The van der Waals surface area contributed by atoms with Crippen LogP contribution < -0.4 is 4.72 Å². The Balaban J connectivity index is 2.06. The molecule has 2 rings (SSSR count). The number of sulfonamides is 1. The zero-order valence-electron chi connectivity index (χ0n) is 9.30. The fourth-order valence-corrected chi connectivity index (χ4v) is 6.55. The van der Waals surface area contributed by atoms with Gasteiger partial charge in [0, 0.05) is 6.04 Å². The molecule has 9 heteroatoms. The highest BCUT2D eigenvalue weighted by molar-refractivity contribution is 9.11. The lowest BCUT2D eigenvalue weighted by atomic mass is 10.2. The van der Waals surface area contributed by atoms with Crippen LogP contribution in [0.3, 0.4) is 0 Å². The summed E-state index contributed by atoms with van der Waals surface area (Å²) in [6.07, 6.45) is 0.683. The van der Waals surface area contributed by atoms with Crippen LogP contribution in [0.2, 0.25) is 0 Å². The zero-order valence-corrected chi connectivity index (χ0v) is 13.3. The Kier molecular flexibility index (Phi) is 4.17. The quantitative estimate of drug-likeness (QED) is 0.867. The van der Waals surface area contributed by atoms with Crippen LogP contribution in [0.1, 0.15) is 12.8 Å². The van der Waals surface area contributed by atoms with Crippen LogP contribution in [0.5, 0.6) is 0 Å². The summed E-state index contributed by atoms with van der Waals surface area (Å²) in [7, 11) is -6.50. The van der Waals surface area contributed by atoms with Crippen LogP contribution in [0.4, 0.5) is 0 Å². The second-order valence-corrected chi connectivity index (χ2v) is 10.8. The van der Waals surface area contributed by atoms with E-state index in [1.54, 1.807) is 6.07 Å². The van der Waals surface area contributed by atoms with Gasteiger partial charge in [0.25, 0.3) is 0 Å². The number of nitrogens with one attached hydrogen (secondary N) is 1. The molecule has 0 bridgehead atoms. The Morgan fingerprint density at radius 3 is 2.39 bits per heavy atom. The minimum atomic E-state index is -3.53. The molecule has 2 heterocycles. The van der Waals surface area contributed by atoms with Crippen molar-refractivity contribution in [2.45, 2.75) is 23.1 Å². The number of sulfone groups is 1. The number of rotatable bonds is 3. The van der Waals surface area contributed by atoms with Gasteiger partial charge in [0.1, 0.15) is 14.0 Å². The first-order chi connectivity index (χ1) is 8.28. The van der Waals surface area contributed by atoms with Crippen molar-refractivity contribution in [2.75, 3.05) is 11.5 Å². The normalized spacial score (nSPS) is 20.9. The van der Waals surface area contributed by atoms with Gasteiger partial charge in [0.05, 0.1) is 15.3 Å². The molecule has 18 heavy (non-hydrogen) atoms. The second-order valence-electron chi connectivity index (χ2n) is 4.11. The summed E-state index contributed by atoms with van der Waals surface area (Å²) in [5.74, 6) is 0.0998. The van der Waals surface area contributed by atoms with Gasteiger partial charge in [-0.1, -0.05) is 0 Å². The Hall–Kier alpha value is 0.0400. The summed E-state index contributed by atoms with van der Waals surface area (Å²) in [6, 6.07) is 2.90. The molecule has 1 aliphatic rings. The highest BCUT2D eigenvalue weighted by Gasteiger charge is 2.28. The van der Waals surface area contributed by atoms with Gasteiger partial charge in [-0.3, -0.25) is 0 Å². The number of thiophene rings is 1. The van der Waals surface area contributed by atoms with Crippen molar-refractivity contribution >= 4 is 47.1 Å². The molecular weight excluding hydrogens is 362 g/mol. The predicted octanol–water partition coefficient (Wildman–Crippen LogP) is 1.37. The van der Waals surface area contributed by atoms with E-state index in [2.05, 4.69) is 20.7 Å². The molecule has 102 valence electrons. The van der Waals surface area contributed by atoms with E-state index in [1.165, 1.54) is 6.07 Å². The molecule has 0 spiro atoms. The van der Waals surface area contributed by atoms with Gasteiger partial charge in [0.2, 0.25) is 10.0 Å². The molecule has 5 nitrogen and oxygen atoms in total. The molecule has 0 atom stereocenters. The van der Waals surface area contributed by atoms with Gasteiger partial charge >= 0.3 is 0 Å². The van der Waals surface area contributed by atoms with Gasteiger partial charge in [-0.05, 0) is 40.9 Å². The Morgan fingerprint density at radius 1 is 1.28 bits per heavy atom. The second kappa shape index (κ2) is 5.20. The highest BCUT2D eigenvalue weighted by Crippen LogP contribution is 2.26. The molecule has 1 aromatic rings. The first-order valence-electron chi connectivity index (χ1n) is 5.27. The molecular formula is C9H12BrNO4S3. The summed E-state index contributed by atoms with van der Waals surface area (Å²) in [5.41, 5.74) is 0. The fourth-order valence-electron chi connectivity index (χ4n) is 1.73. The summed E-state index contributed by atoms with van der Waals surface area (Å²) < 4.78 is 50.1. The maximum Gasteiger partial charge on any atom is 0.250 e. The average Bonchev–Trinajstić information content (AvgIpc) is 2.69. The SMILES string of the molecule is O=S1(=O)CCC(NS(=O)(=O)c2ccc(Br)s2)CC1. The third-order valence-corrected chi connectivity index (χ3v) is 8.04. The van der Waals surface area contributed by atoms with Gasteiger partial charge in [-0.2, -0.15) is 0 Å². The van der Waals surface area contributed by atoms with E-state index in [1.807, 2.05) is 0 Å². The van der Waals surface area contributed by atoms with E-state index in [4.69, 9.17) is 0 Å². The molecule has 0 aromatic carbocycles. The van der Waals surface area contributed by atoms with Crippen LogP contribution in [0, 0.1) is 0 Å². The Bertz CT molecular complexity index is 621. The maximum atomic E-state index is 12.0. The topological polar surface area (TPSA) is 80.3 Å². The lowest BCUT2D eigenvalue weighted by Gasteiger charge is -2.22. The highest BCUT2D eigenvalue weighted by atomic mass is 79.9. The summed E-state index contributed by atoms with van der Waals surface area (Å²) in [4.78, 5) is 0. The lowest BCUT2D eigenvalue weighted by Crippen LogP contribution is -2.40. The zero-order chi connectivity index (χ0) is 13.4. The summed E-state index contributed by atoms with van der Waals surface area (Å²) in [5, 5.41) is 0. The van der Waals surface area contributed by atoms with Crippen molar-refractivity contribution in [1.82, 2.24) is 4.72 Å². The van der Waals surface area contributed by atoms with Crippen molar-refractivity contribution in [3.05, 3.63) is 15.9 Å². The smallest absolute Gasteiger partial charge is 0.229 e. The molecule has 1 N–H and O–H groups in total. The minimum Gasteiger partial charge on any atom is -0.229 e. The van der Waals surface area contributed by atoms with Gasteiger partial charge < -0.3 is 0 Å². The largest absolute Gasteiger partial charge is 0.250 e. The molecule has 0 saturated carbocycles. The van der Waals surface area contributed by atoms with Crippen LogP contribution in [-0.2, 0) is 19.9 Å². The molecule has 1 aliphatic heterocycles. The fraction of sp³-hybridized carbons (Fsp3) is 0.556. The molecule has 0 radical (unpaired) electrons. The van der Waals surface area contributed by atoms with Crippen LogP contribution in [0.25, 0.3) is 0 Å². The van der Waals surface area contributed by atoms with E-state index < -0.39 is 19.9 Å². The Labute approximate surface area is 119 Å². The molecule has 0 aliphatic carbocycles. The van der Waals surface area contributed by atoms with E-state index in [0.717, 1.165) is 15.1 Å². The van der Waals surface area contributed by atoms with Crippen molar-refractivity contribution < 1.29 is 16.8 Å². The third kappa shape index (κ3) is 3.53. The third-order valence-electron chi connectivity index (χ3n) is 2.69. The number of hydrogen-bond acceptors (Lipinski definition) is 5. The first-order valence-corrected chi connectivity index (χ1v) is 10.2. The van der Waals surface area contributed by atoms with Crippen molar-refractivity contribution in [3.63, 3.8) is 0 Å². The lowest BCUT2D eigenvalue weighted by molar-refractivity contribution is 0.506. The van der Waals surface area contributed by atoms with Crippen molar-refractivity contribution in [1.29, 1.82) is 0 Å².